The van der Waals surface area contributed by atoms with Gasteiger partial charge in [0.1, 0.15) is 5.75 Å². The molecule has 0 unspecified atom stereocenters. The van der Waals surface area contributed by atoms with Crippen LogP contribution < -0.4 is 10.1 Å². The highest BCUT2D eigenvalue weighted by Gasteiger charge is 2.25. The van der Waals surface area contributed by atoms with Crippen molar-refractivity contribution < 1.29 is 23.9 Å². The second-order valence-corrected chi connectivity index (χ2v) is 5.87. The van der Waals surface area contributed by atoms with Gasteiger partial charge in [0.25, 0.3) is 11.8 Å². The third-order valence-corrected chi connectivity index (χ3v) is 4.04. The van der Waals surface area contributed by atoms with Gasteiger partial charge in [-0.25, -0.2) is 0 Å². The Labute approximate surface area is 147 Å². The summed E-state index contributed by atoms with van der Waals surface area (Å²) in [5.41, 5.74) is 0.399. The average molecular weight is 348 g/mol. The summed E-state index contributed by atoms with van der Waals surface area (Å²) in [5.74, 6) is -0.539. The third-order valence-electron chi connectivity index (χ3n) is 4.04. The normalized spacial score (nSPS) is 14.7. The van der Waals surface area contributed by atoms with E-state index in [2.05, 4.69) is 5.32 Å². The number of hydrogen-bond donors (Lipinski definition) is 1. The van der Waals surface area contributed by atoms with Gasteiger partial charge in [-0.05, 0) is 31.9 Å². The lowest BCUT2D eigenvalue weighted by Crippen LogP contribution is -2.38. The van der Waals surface area contributed by atoms with Crippen LogP contribution in [0.25, 0.3) is 0 Å². The molecule has 1 N–H and O–H groups in total. The van der Waals surface area contributed by atoms with Crippen LogP contribution in [0.4, 0.5) is 0 Å². The number of methoxy groups -OCH3 is 1. The first kappa shape index (κ1) is 18.8. The maximum absolute atomic E-state index is 12.1. The van der Waals surface area contributed by atoms with E-state index < -0.39 is 12.1 Å². The van der Waals surface area contributed by atoms with Crippen LogP contribution in [0.2, 0.25) is 0 Å². The predicted octanol–water partition coefficient (Wildman–Crippen LogP) is 1.37. The van der Waals surface area contributed by atoms with Gasteiger partial charge in [-0.15, -0.1) is 0 Å². The molecule has 0 bridgehead atoms. The molecule has 1 heterocycles. The SMILES string of the molecule is COc1ccccc1C(=O)NCCC(=O)O[C@@H](C)C(=O)N1CCCC1. The summed E-state index contributed by atoms with van der Waals surface area (Å²) < 4.78 is 10.3. The van der Waals surface area contributed by atoms with E-state index in [0.717, 1.165) is 25.9 Å². The Morgan fingerprint density at radius 1 is 1.20 bits per heavy atom. The number of carbonyl (C=O) groups excluding carboxylic acids is 3. The highest BCUT2D eigenvalue weighted by Crippen LogP contribution is 2.16. The van der Waals surface area contributed by atoms with Crippen molar-refractivity contribution >= 4 is 17.8 Å². The Morgan fingerprint density at radius 2 is 1.88 bits per heavy atom. The zero-order valence-electron chi connectivity index (χ0n) is 14.6. The van der Waals surface area contributed by atoms with Crippen LogP contribution in [0.1, 0.15) is 36.5 Å². The van der Waals surface area contributed by atoms with Crippen LogP contribution in [0.5, 0.6) is 5.75 Å². The lowest BCUT2D eigenvalue weighted by atomic mass is 10.2. The zero-order chi connectivity index (χ0) is 18.2. The molecule has 0 spiro atoms. The highest BCUT2D eigenvalue weighted by atomic mass is 16.5. The highest BCUT2D eigenvalue weighted by molar-refractivity contribution is 5.97. The van der Waals surface area contributed by atoms with Crippen molar-refractivity contribution in [3.05, 3.63) is 29.8 Å². The van der Waals surface area contributed by atoms with E-state index in [9.17, 15) is 14.4 Å². The number of nitrogens with zero attached hydrogens (tertiary/aromatic N) is 1. The lowest BCUT2D eigenvalue weighted by molar-refractivity contribution is -0.158. The molecule has 2 amide bonds. The Kier molecular flexibility index (Phi) is 6.80. The Hall–Kier alpha value is -2.57. The van der Waals surface area contributed by atoms with Crippen LogP contribution in [-0.2, 0) is 14.3 Å². The topological polar surface area (TPSA) is 84.9 Å². The van der Waals surface area contributed by atoms with Crippen molar-refractivity contribution in [1.29, 1.82) is 0 Å². The third kappa shape index (κ3) is 5.20. The van der Waals surface area contributed by atoms with Gasteiger partial charge in [0, 0.05) is 19.6 Å². The minimum atomic E-state index is -0.796. The predicted molar refractivity (Wildman–Crippen MR) is 91.3 cm³/mol. The summed E-state index contributed by atoms with van der Waals surface area (Å²) in [5, 5.41) is 2.65. The van der Waals surface area contributed by atoms with Gasteiger partial charge in [0.2, 0.25) is 0 Å². The molecular formula is C18H24N2O5. The molecule has 7 heteroatoms. The molecule has 0 radical (unpaired) electrons. The van der Waals surface area contributed by atoms with Gasteiger partial charge >= 0.3 is 5.97 Å². The number of nitrogens with one attached hydrogen (secondary N) is 1. The lowest BCUT2D eigenvalue weighted by Gasteiger charge is -2.20. The van der Waals surface area contributed by atoms with E-state index in [1.807, 2.05) is 0 Å². The van der Waals surface area contributed by atoms with Gasteiger partial charge in [-0.2, -0.15) is 0 Å². The van der Waals surface area contributed by atoms with E-state index in [-0.39, 0.29) is 24.8 Å². The molecule has 136 valence electrons. The number of para-hydroxylation sites is 1. The van der Waals surface area contributed by atoms with E-state index in [4.69, 9.17) is 9.47 Å². The number of hydrogen-bond acceptors (Lipinski definition) is 5. The van der Waals surface area contributed by atoms with Gasteiger partial charge < -0.3 is 19.7 Å². The summed E-state index contributed by atoms with van der Waals surface area (Å²) in [7, 11) is 1.49. The Bertz CT molecular complexity index is 626. The van der Waals surface area contributed by atoms with Gasteiger partial charge in [-0.1, -0.05) is 12.1 Å². The first-order valence-corrected chi connectivity index (χ1v) is 8.42. The fourth-order valence-electron chi connectivity index (χ4n) is 2.71. The largest absolute Gasteiger partial charge is 0.496 e. The van der Waals surface area contributed by atoms with Gasteiger partial charge in [0.05, 0.1) is 19.1 Å². The summed E-state index contributed by atoms with van der Waals surface area (Å²) in [4.78, 5) is 37.7. The summed E-state index contributed by atoms with van der Waals surface area (Å²) >= 11 is 0. The van der Waals surface area contributed by atoms with Crippen molar-refractivity contribution in [3.63, 3.8) is 0 Å². The molecule has 1 aromatic carbocycles. The van der Waals surface area contributed by atoms with Crippen molar-refractivity contribution in [3.8, 4) is 5.75 Å². The molecule has 25 heavy (non-hydrogen) atoms. The minimum absolute atomic E-state index is 0.00148. The van der Waals surface area contributed by atoms with Crippen LogP contribution in [0.3, 0.4) is 0 Å². The molecule has 0 aliphatic carbocycles. The molecule has 1 fully saturated rings. The first-order valence-electron chi connectivity index (χ1n) is 8.42. The molecule has 7 nitrogen and oxygen atoms in total. The summed E-state index contributed by atoms with van der Waals surface area (Å²) in [6.07, 6.45) is 1.18. The zero-order valence-corrected chi connectivity index (χ0v) is 14.6. The fourth-order valence-corrected chi connectivity index (χ4v) is 2.71. The van der Waals surface area contributed by atoms with Crippen LogP contribution in [-0.4, -0.2) is 55.5 Å². The maximum atomic E-state index is 12.1. The second kappa shape index (κ2) is 9.05. The van der Waals surface area contributed by atoms with E-state index >= 15 is 0 Å². The molecule has 1 aliphatic rings. The van der Waals surface area contributed by atoms with E-state index in [0.29, 0.717) is 11.3 Å². The fraction of sp³-hybridized carbons (Fsp3) is 0.500. The Morgan fingerprint density at radius 3 is 2.56 bits per heavy atom. The number of amides is 2. The molecule has 1 aromatic rings. The molecule has 1 atom stereocenters. The molecule has 0 aromatic heterocycles. The standard InChI is InChI=1S/C18H24N2O5/c1-13(18(23)20-11-5-6-12-20)25-16(21)9-10-19-17(22)14-7-3-4-8-15(14)24-2/h3-4,7-8,13H,5-6,9-12H2,1-2H3,(H,19,22)/t13-/m0/s1. The van der Waals surface area contributed by atoms with Crippen LogP contribution in [0.15, 0.2) is 24.3 Å². The van der Waals surface area contributed by atoms with Crippen molar-refractivity contribution in [2.24, 2.45) is 0 Å². The van der Waals surface area contributed by atoms with Gasteiger partial charge in [0.15, 0.2) is 6.10 Å². The van der Waals surface area contributed by atoms with Crippen LogP contribution >= 0.6 is 0 Å². The van der Waals surface area contributed by atoms with E-state index in [1.165, 1.54) is 7.11 Å². The second-order valence-electron chi connectivity index (χ2n) is 5.87. The van der Waals surface area contributed by atoms with E-state index in [1.54, 1.807) is 36.1 Å². The number of rotatable bonds is 7. The molecule has 2 rings (SSSR count). The number of ether oxygens (including phenoxy) is 2. The molecular weight excluding hydrogens is 324 g/mol. The van der Waals surface area contributed by atoms with Crippen molar-refractivity contribution in [2.45, 2.75) is 32.3 Å². The Balaban J connectivity index is 1.74. The first-order chi connectivity index (χ1) is 12.0. The van der Waals surface area contributed by atoms with Crippen molar-refractivity contribution in [1.82, 2.24) is 10.2 Å². The minimum Gasteiger partial charge on any atom is -0.496 e. The summed E-state index contributed by atoms with van der Waals surface area (Å²) in [6.45, 7) is 3.14. The number of carbonyl (C=O) groups is 3. The molecule has 0 saturated carbocycles. The average Bonchev–Trinajstić information content (AvgIpc) is 3.15. The number of benzene rings is 1. The maximum Gasteiger partial charge on any atom is 0.308 e. The van der Waals surface area contributed by atoms with Crippen LogP contribution in [0, 0.1) is 0 Å². The number of esters is 1. The van der Waals surface area contributed by atoms with Gasteiger partial charge in [-0.3, -0.25) is 14.4 Å². The molecule has 1 aliphatic heterocycles. The quantitative estimate of drug-likeness (QED) is 0.752. The summed E-state index contributed by atoms with van der Waals surface area (Å²) in [6, 6.07) is 6.83. The van der Waals surface area contributed by atoms with Crippen molar-refractivity contribution in [2.75, 3.05) is 26.7 Å². The molecule has 1 saturated heterocycles. The monoisotopic (exact) mass is 348 g/mol. The number of likely N-dealkylation sites (tertiary alicyclic amines) is 1. The smallest absolute Gasteiger partial charge is 0.308 e.